The van der Waals surface area contributed by atoms with Gasteiger partial charge in [-0.15, -0.1) is 0 Å². The van der Waals surface area contributed by atoms with E-state index >= 15 is 24.0 Å². The Hall–Kier alpha value is -12.0. The van der Waals surface area contributed by atoms with Gasteiger partial charge in [0.2, 0.25) is 65.6 Å². The second-order valence-corrected chi connectivity index (χ2v) is 39.9. The predicted molar refractivity (Wildman–Crippen MR) is 499 cm³/mol. The number of carboxylic acid groups (broad SMARTS) is 1. The minimum absolute atomic E-state index is 0.0416. The van der Waals surface area contributed by atoms with Crippen LogP contribution in [-0.2, 0) is 68.5 Å². The van der Waals surface area contributed by atoms with Crippen LogP contribution >= 0.6 is 23.2 Å². The van der Waals surface area contributed by atoms with E-state index in [-0.39, 0.29) is 62.9 Å². The fourth-order valence-corrected chi connectivity index (χ4v) is 21.9. The number of hydrogen-bond donors (Lipinski definition) is 24. The summed E-state index contributed by atoms with van der Waals surface area (Å²) in [7, 11) is 0. The van der Waals surface area contributed by atoms with Gasteiger partial charge in [0.25, 0.3) is 0 Å². The maximum absolute atomic E-state index is 17.3. The zero-order valence-corrected chi connectivity index (χ0v) is 79.0. The Morgan fingerprint density at radius 1 is 0.517 bits per heavy atom. The summed E-state index contributed by atoms with van der Waals surface area (Å²) in [6.07, 6.45) is -18.5. The fraction of sp³-hybridized carbons (Fsp3) is 0.485. The molecule has 0 unspecified atom stereocenters. The third-order valence-electron chi connectivity index (χ3n) is 28.2. The van der Waals surface area contributed by atoms with E-state index in [4.69, 9.17) is 71.6 Å². The molecule has 13 aliphatic rings. The summed E-state index contributed by atoms with van der Waals surface area (Å²) in [5.41, 5.74) is 2.99. The van der Waals surface area contributed by atoms with E-state index < -0.39 is 298 Å². The highest BCUT2D eigenvalue weighted by Gasteiger charge is 2.55. The van der Waals surface area contributed by atoms with E-state index in [1.807, 2.05) is 0 Å². The normalized spacial score (nSPS) is 31.4. The average molecular weight is 2030 g/mol. The number of fused-ring (bicyclic) bond motifs is 14. The average Bonchev–Trinajstić information content (AvgIpc) is 0.750. The number of rotatable bonds is 22. The third kappa shape index (κ3) is 22.0. The topological polar surface area (TPSA) is 654 Å². The number of halogens is 2. The first kappa shape index (κ1) is 102. The molecule has 8 amide bonds. The zero-order chi connectivity index (χ0) is 102. The minimum atomic E-state index is -2.58. The van der Waals surface area contributed by atoms with Crippen LogP contribution in [0.25, 0.3) is 11.1 Å². The number of hydrogen-bond acceptors (Lipinski definition) is 33. The van der Waals surface area contributed by atoms with Crippen LogP contribution in [0.1, 0.15) is 173 Å². The number of phenols is 4. The summed E-state index contributed by atoms with van der Waals surface area (Å²) in [6, 6.07) is 1.61. The van der Waals surface area contributed by atoms with Crippen molar-refractivity contribution in [3.63, 3.8) is 0 Å². The molecule has 25 N–H and O–H groups in total. The van der Waals surface area contributed by atoms with Gasteiger partial charge in [-0.1, -0.05) is 87.0 Å². The Morgan fingerprint density at radius 2 is 1.08 bits per heavy atom. The van der Waals surface area contributed by atoms with Crippen molar-refractivity contribution in [3.8, 4) is 80.1 Å². The third-order valence-corrected chi connectivity index (χ3v) is 28.8. The zero-order valence-electron chi connectivity index (χ0n) is 77.5. The molecule has 7 aromatic rings. The predicted octanol–water partition coefficient (Wildman–Crippen LogP) is 3.83. The van der Waals surface area contributed by atoms with E-state index in [2.05, 4.69) is 61.7 Å². The minimum Gasteiger partial charge on any atom is -0.508 e. The van der Waals surface area contributed by atoms with E-state index in [0.717, 1.165) is 150 Å². The lowest BCUT2D eigenvalue weighted by molar-refractivity contribution is -0.284. The number of aliphatic hydroxyl groups is 9. The summed E-state index contributed by atoms with van der Waals surface area (Å²) < 4.78 is 59.2. The van der Waals surface area contributed by atoms with Crippen LogP contribution in [0.5, 0.6) is 69.0 Å². The van der Waals surface area contributed by atoms with Crippen LogP contribution in [0.4, 0.5) is 0 Å². The summed E-state index contributed by atoms with van der Waals surface area (Å²) in [6.45, 7) is 3.48. The van der Waals surface area contributed by atoms with Gasteiger partial charge in [0, 0.05) is 61.7 Å². The van der Waals surface area contributed by atoms with Gasteiger partial charge in [-0.25, -0.2) is 4.79 Å². The molecular formula is C99H114Cl2N10O32. The molecule has 9 heterocycles. The molecule has 4 aliphatic carbocycles. The SMILES string of the molecule is CC(=O)N[C@H]1[C@H](O[C@@H]2c3ccc(c(Cl)c3)Oc3cc4cc(c3O[C@@H]3O[C@H](CNCC56CC7CC(CC(C7)C5)C6)[C@@H](O)[C@H](O)[C@H]3NC(=O)CCCCCCC(C)C)Oc3ccc(cc3Cl)C[C@H]3NC(=O)[C@H](N)c5ccc(O)c(c5)Oc5cc(O)cc(c5)[C@H](NC3=O)C(=O)N[C@H]4C(=O)N[C@H]3C(=O)N[C@@H]2C(=O)N[C@H](C(=O)O)c2cc(O)cc(O[C@H]4O[C@H](CO)[C@@H](O)[C@H](O)[C@@H]4O)c2-c2cc3ccc2O)O[C@H](CO)[C@@H](O)[C@@H]1O. The second kappa shape index (κ2) is 42.7. The molecule has 7 fully saturated rings. The molecule has 23 atom stereocenters. The van der Waals surface area contributed by atoms with Crippen LogP contribution < -0.4 is 77.3 Å². The molecule has 21 bridgehead atoms. The number of ether oxygens (including phenoxy) is 9. The molecule has 0 radical (unpaired) electrons. The number of carboxylic acids is 1. The fourth-order valence-electron chi connectivity index (χ4n) is 21.5. The Balaban J connectivity index is 0.896. The van der Waals surface area contributed by atoms with Gasteiger partial charge >= 0.3 is 5.97 Å². The number of unbranched alkanes of at least 4 members (excludes halogenated alkanes) is 3. The van der Waals surface area contributed by atoms with E-state index in [1.165, 1.54) is 30.3 Å². The van der Waals surface area contributed by atoms with Crippen LogP contribution in [0, 0.1) is 29.1 Å². The van der Waals surface area contributed by atoms with Crippen molar-refractivity contribution < 1.29 is 157 Å². The number of aliphatic carboxylic acids is 1. The van der Waals surface area contributed by atoms with Crippen LogP contribution in [0.3, 0.4) is 0 Å². The monoisotopic (exact) mass is 2020 g/mol. The number of benzene rings is 7. The molecule has 0 aromatic heterocycles. The van der Waals surface area contributed by atoms with Gasteiger partial charge in [-0.2, -0.15) is 0 Å². The Labute approximate surface area is 827 Å². The van der Waals surface area contributed by atoms with Crippen molar-refractivity contribution in [2.75, 3.05) is 26.3 Å². The Morgan fingerprint density at radius 3 is 1.73 bits per heavy atom. The van der Waals surface area contributed by atoms with Gasteiger partial charge in [-0.3, -0.25) is 38.4 Å². The lowest BCUT2D eigenvalue weighted by atomic mass is 9.49. The van der Waals surface area contributed by atoms with Crippen LogP contribution in [0.15, 0.2) is 115 Å². The molecule has 3 saturated heterocycles. The molecule has 0 spiro atoms. The first-order valence-electron chi connectivity index (χ1n) is 47.4. The van der Waals surface area contributed by atoms with E-state index in [0.29, 0.717) is 43.1 Å². The molecule has 766 valence electrons. The lowest BCUT2D eigenvalue weighted by Crippen LogP contribution is -2.66. The van der Waals surface area contributed by atoms with Crippen LogP contribution in [0.2, 0.25) is 10.0 Å². The smallest absolute Gasteiger partial charge is 0.330 e. The number of phenolic OH excluding ortho intramolecular Hbond substituents is 4. The number of amides is 8. The largest absolute Gasteiger partial charge is 0.508 e. The molecule has 20 rings (SSSR count). The van der Waals surface area contributed by atoms with Crippen molar-refractivity contribution >= 4 is 76.4 Å². The molecule has 44 heteroatoms. The first-order valence-corrected chi connectivity index (χ1v) is 48.2. The number of nitrogens with two attached hydrogens (primary N) is 1. The van der Waals surface area contributed by atoms with E-state index in [9.17, 15) is 90.7 Å². The molecule has 42 nitrogen and oxygen atoms in total. The molecule has 7 aromatic carbocycles. The van der Waals surface area contributed by atoms with Gasteiger partial charge in [0.15, 0.2) is 35.3 Å². The highest BCUT2D eigenvalue weighted by molar-refractivity contribution is 6.32. The summed E-state index contributed by atoms with van der Waals surface area (Å²) in [4.78, 5) is 140. The standard InChI is InChI=1S/C99H114Cl2N10O32/c1-40(2)8-6-4-5-7-9-70(119)106-78-84(124)80(120)67(36-103-39-99-33-43-18-44(34-99)20-45(19-43)35-99)139-97(78)143-88-65-28-50-29-66(88)137-62-17-13-48(26-57(62)101)87(142-96-77(104-41(3)114)83(123)81(121)68(37-112)140-96)79-94(132)110-76(95(133)134)55-31-52(116)32-64(138-98-86(126)85(125)82(122)69(38-113)141-98)71(55)54-25-47(12-14-59(54)117)73(91(129)111-79)108-93(131)75(50)109-92(130)74-49-23-51(115)30-53(24-49)135-63-27-46(11-15-60(63)118)72(102)90(128)105-58(89(127)107-74)22-42-10-16-61(136-65)56(100)21-42/h10-17,21,23-32,40,43-45,58,67-69,72-87,96-98,103,112-113,115-118,120-126H,4-9,18-20,22,33-39,102H2,1-3H3,(H,104,114)(H,105,128)(H,106,119)(H,107,127)(H,108,131)(H,109,130)(H,110,132)(H,111,129)(H,133,134)/t43?,44?,45?,58-,67-,68-,69-,72-,73-,74+,75-,76+,77-,78-,79+,80-,81-,82-,83-,84-,85+,86+,87-,96+,97+,98+,99?/m1/s1. The van der Waals surface area contributed by atoms with Crippen molar-refractivity contribution in [1.82, 2.24) is 47.9 Å². The first-order chi connectivity index (χ1) is 68.2. The van der Waals surface area contributed by atoms with E-state index in [1.54, 1.807) is 0 Å². The molecule has 9 aliphatic heterocycles. The number of carbonyl (C=O) groups excluding carboxylic acids is 8. The Kier molecular flexibility index (Phi) is 30.6. The molecule has 143 heavy (non-hydrogen) atoms. The maximum atomic E-state index is 17.3. The van der Waals surface area contributed by atoms with Crippen molar-refractivity contribution in [3.05, 3.63) is 164 Å². The number of aromatic hydroxyl groups is 4. The van der Waals surface area contributed by atoms with Crippen molar-refractivity contribution in [2.24, 2.45) is 34.8 Å². The van der Waals surface area contributed by atoms with Crippen molar-refractivity contribution in [2.45, 2.75) is 245 Å². The maximum Gasteiger partial charge on any atom is 0.330 e. The van der Waals surface area contributed by atoms with Gasteiger partial charge in [0.05, 0.1) is 23.3 Å². The number of aliphatic hydroxyl groups excluding tert-OH is 9. The summed E-state index contributed by atoms with van der Waals surface area (Å²) >= 11 is 15.0. The quantitative estimate of drug-likeness (QED) is 0.0429. The number of nitrogens with one attached hydrogen (secondary N) is 9. The highest BCUT2D eigenvalue weighted by Crippen LogP contribution is 2.60. The summed E-state index contributed by atoms with van der Waals surface area (Å²) in [5.74, 6) is -16.8. The van der Waals surface area contributed by atoms with Crippen molar-refractivity contribution in [1.29, 1.82) is 0 Å². The summed E-state index contributed by atoms with van der Waals surface area (Å²) in [5, 5.41) is 186. The molecule has 4 saturated carbocycles. The van der Waals surface area contributed by atoms with Gasteiger partial charge < -0.3 is 168 Å². The highest BCUT2D eigenvalue weighted by atomic mass is 35.5. The van der Waals surface area contributed by atoms with Crippen LogP contribution in [-0.4, -0.2) is 255 Å². The van der Waals surface area contributed by atoms with Gasteiger partial charge in [-0.05, 0) is 186 Å². The number of carbonyl (C=O) groups is 9. The van der Waals surface area contributed by atoms with Gasteiger partial charge in [0.1, 0.15) is 156 Å². The Bertz CT molecular complexity index is 5980. The second-order valence-electron chi connectivity index (χ2n) is 39.0. The lowest BCUT2D eigenvalue weighted by Gasteiger charge is -2.57. The molecular weight excluding hydrogens is 1910 g/mol.